The second-order valence-corrected chi connectivity index (χ2v) is 3.35. The van der Waals surface area contributed by atoms with Crippen LogP contribution in [0.2, 0.25) is 0 Å². The summed E-state index contributed by atoms with van der Waals surface area (Å²) in [4.78, 5) is 7.22. The summed E-state index contributed by atoms with van der Waals surface area (Å²) in [5, 5.41) is 7.43. The van der Waals surface area contributed by atoms with Crippen molar-refractivity contribution in [3.8, 4) is 11.4 Å². The molecule has 1 N–H and O–H groups in total. The van der Waals surface area contributed by atoms with Gasteiger partial charge in [0.2, 0.25) is 0 Å². The van der Waals surface area contributed by atoms with Gasteiger partial charge in [0.25, 0.3) is 0 Å². The van der Waals surface area contributed by atoms with Crippen molar-refractivity contribution in [3.63, 3.8) is 0 Å². The van der Waals surface area contributed by atoms with Crippen LogP contribution in [-0.2, 0) is 0 Å². The van der Waals surface area contributed by atoms with E-state index in [1.165, 1.54) is 6.07 Å². The average Bonchev–Trinajstić information content (AvgIpc) is 2.76. The molecule has 3 aromatic rings. The predicted octanol–water partition coefficient (Wildman–Crippen LogP) is 2.16. The van der Waals surface area contributed by atoms with Gasteiger partial charge < -0.3 is 4.98 Å². The van der Waals surface area contributed by atoms with Gasteiger partial charge in [-0.3, -0.25) is 0 Å². The van der Waals surface area contributed by atoms with Gasteiger partial charge in [0.05, 0.1) is 17.9 Å². The fourth-order valence-corrected chi connectivity index (χ4v) is 1.56. The SMILES string of the molecule is Fc1cccc2[nH]c(-c3ccnnc3)nc12. The normalized spacial score (nSPS) is 10.8. The zero-order chi connectivity index (χ0) is 11.0. The van der Waals surface area contributed by atoms with E-state index in [0.717, 1.165) is 5.56 Å². The van der Waals surface area contributed by atoms with Crippen molar-refractivity contribution in [2.45, 2.75) is 0 Å². The van der Waals surface area contributed by atoms with Gasteiger partial charge >= 0.3 is 0 Å². The number of rotatable bonds is 1. The maximum atomic E-state index is 13.4. The molecule has 2 aromatic heterocycles. The summed E-state index contributed by atoms with van der Waals surface area (Å²) in [5.74, 6) is 0.261. The first kappa shape index (κ1) is 8.96. The second kappa shape index (κ2) is 3.37. The number of aromatic nitrogens is 4. The molecule has 0 aliphatic heterocycles. The largest absolute Gasteiger partial charge is 0.338 e. The molecule has 0 amide bonds. The highest BCUT2D eigenvalue weighted by Crippen LogP contribution is 2.20. The number of benzene rings is 1. The number of fused-ring (bicyclic) bond motifs is 1. The van der Waals surface area contributed by atoms with Gasteiger partial charge in [-0.2, -0.15) is 10.2 Å². The van der Waals surface area contributed by atoms with Crippen molar-refractivity contribution in [1.29, 1.82) is 0 Å². The highest BCUT2D eigenvalue weighted by molar-refractivity contribution is 5.79. The van der Waals surface area contributed by atoms with Gasteiger partial charge in [-0.25, -0.2) is 9.37 Å². The van der Waals surface area contributed by atoms with Crippen LogP contribution in [-0.4, -0.2) is 20.2 Å². The summed E-state index contributed by atoms with van der Waals surface area (Å²) < 4.78 is 13.4. The molecule has 5 heteroatoms. The van der Waals surface area contributed by atoms with Crippen LogP contribution in [0.25, 0.3) is 22.4 Å². The average molecular weight is 214 g/mol. The molecule has 1 aromatic carbocycles. The molecule has 0 saturated heterocycles. The van der Waals surface area contributed by atoms with Gasteiger partial charge in [-0.1, -0.05) is 6.07 Å². The molecule has 0 unspecified atom stereocenters. The highest BCUT2D eigenvalue weighted by atomic mass is 19.1. The fourth-order valence-electron chi connectivity index (χ4n) is 1.56. The molecule has 0 bridgehead atoms. The third kappa shape index (κ3) is 1.33. The van der Waals surface area contributed by atoms with Crippen molar-refractivity contribution >= 4 is 11.0 Å². The van der Waals surface area contributed by atoms with Crippen LogP contribution < -0.4 is 0 Å². The van der Waals surface area contributed by atoms with Gasteiger partial charge in [0.15, 0.2) is 5.82 Å². The molecule has 4 nitrogen and oxygen atoms in total. The maximum Gasteiger partial charge on any atom is 0.151 e. The first-order valence-corrected chi connectivity index (χ1v) is 4.76. The second-order valence-electron chi connectivity index (χ2n) is 3.35. The van der Waals surface area contributed by atoms with Crippen LogP contribution in [0.4, 0.5) is 4.39 Å². The number of nitrogens with one attached hydrogen (secondary N) is 1. The Morgan fingerprint density at radius 1 is 1.12 bits per heavy atom. The lowest BCUT2D eigenvalue weighted by Gasteiger charge is -1.91. The van der Waals surface area contributed by atoms with Crippen molar-refractivity contribution in [3.05, 3.63) is 42.5 Å². The molecule has 0 aliphatic carbocycles. The van der Waals surface area contributed by atoms with Crippen LogP contribution in [0.3, 0.4) is 0 Å². The van der Waals surface area contributed by atoms with E-state index in [1.54, 1.807) is 30.6 Å². The lowest BCUT2D eigenvalue weighted by atomic mass is 10.3. The summed E-state index contributed by atoms with van der Waals surface area (Å²) >= 11 is 0. The van der Waals surface area contributed by atoms with E-state index in [1.807, 2.05) is 0 Å². The summed E-state index contributed by atoms with van der Waals surface area (Å²) in [6, 6.07) is 6.58. The fraction of sp³-hybridized carbons (Fsp3) is 0. The Labute approximate surface area is 90.2 Å². The van der Waals surface area contributed by atoms with E-state index in [0.29, 0.717) is 16.9 Å². The predicted molar refractivity (Wildman–Crippen MR) is 57.1 cm³/mol. The van der Waals surface area contributed by atoms with E-state index in [-0.39, 0.29) is 5.82 Å². The number of halogens is 1. The standard InChI is InChI=1S/C11H7FN4/c12-8-2-1-3-9-10(8)16-11(15-9)7-4-5-13-14-6-7/h1-6H,(H,15,16). The quantitative estimate of drug-likeness (QED) is 0.675. The molecule has 0 fully saturated rings. The summed E-state index contributed by atoms with van der Waals surface area (Å²) in [5.41, 5.74) is 1.80. The number of imidazole rings is 1. The number of aromatic amines is 1. The smallest absolute Gasteiger partial charge is 0.151 e. The molecule has 3 rings (SSSR count). The Kier molecular flexibility index (Phi) is 1.89. The van der Waals surface area contributed by atoms with Crippen LogP contribution in [0.15, 0.2) is 36.7 Å². The van der Waals surface area contributed by atoms with E-state index in [2.05, 4.69) is 20.2 Å². The molecule has 0 aliphatic rings. The maximum absolute atomic E-state index is 13.4. The van der Waals surface area contributed by atoms with Crippen LogP contribution in [0.5, 0.6) is 0 Å². The number of hydrogen-bond acceptors (Lipinski definition) is 3. The van der Waals surface area contributed by atoms with Crippen molar-refractivity contribution in [1.82, 2.24) is 20.2 Å². The van der Waals surface area contributed by atoms with Crippen molar-refractivity contribution < 1.29 is 4.39 Å². The molecule has 2 heterocycles. The van der Waals surface area contributed by atoms with Gasteiger partial charge in [-0.05, 0) is 18.2 Å². The minimum Gasteiger partial charge on any atom is -0.338 e. The monoisotopic (exact) mass is 214 g/mol. The molecule has 0 saturated carbocycles. The number of H-pyrrole nitrogens is 1. The molecule has 0 radical (unpaired) electrons. The number of hydrogen-bond donors (Lipinski definition) is 1. The lowest BCUT2D eigenvalue weighted by Crippen LogP contribution is -1.83. The lowest BCUT2D eigenvalue weighted by molar-refractivity contribution is 0.637. The first-order valence-electron chi connectivity index (χ1n) is 4.76. The third-order valence-electron chi connectivity index (χ3n) is 2.32. The van der Waals surface area contributed by atoms with Gasteiger partial charge in [-0.15, -0.1) is 0 Å². The topological polar surface area (TPSA) is 54.5 Å². The van der Waals surface area contributed by atoms with Crippen LogP contribution >= 0.6 is 0 Å². The highest BCUT2D eigenvalue weighted by Gasteiger charge is 2.08. The van der Waals surface area contributed by atoms with Gasteiger partial charge in [0, 0.05) is 5.56 Å². The Morgan fingerprint density at radius 3 is 2.81 bits per heavy atom. The van der Waals surface area contributed by atoms with E-state index >= 15 is 0 Å². The van der Waals surface area contributed by atoms with E-state index in [4.69, 9.17) is 0 Å². The molecular formula is C11H7FN4. The third-order valence-corrected chi connectivity index (χ3v) is 2.32. The number of nitrogens with zero attached hydrogens (tertiary/aromatic N) is 3. The van der Waals surface area contributed by atoms with E-state index in [9.17, 15) is 4.39 Å². The molecular weight excluding hydrogens is 207 g/mol. The van der Waals surface area contributed by atoms with E-state index < -0.39 is 0 Å². The van der Waals surface area contributed by atoms with Crippen molar-refractivity contribution in [2.75, 3.05) is 0 Å². The van der Waals surface area contributed by atoms with Crippen molar-refractivity contribution in [2.24, 2.45) is 0 Å². The molecule has 16 heavy (non-hydrogen) atoms. The van der Waals surface area contributed by atoms with Gasteiger partial charge in [0.1, 0.15) is 11.3 Å². The number of para-hydroxylation sites is 1. The van der Waals surface area contributed by atoms with Crippen LogP contribution in [0.1, 0.15) is 0 Å². The Balaban J connectivity index is 2.23. The summed E-state index contributed by atoms with van der Waals surface area (Å²) in [6.45, 7) is 0. The minimum atomic E-state index is -0.331. The molecule has 78 valence electrons. The summed E-state index contributed by atoms with van der Waals surface area (Å²) in [7, 11) is 0. The van der Waals surface area contributed by atoms with Crippen LogP contribution in [0, 0.1) is 5.82 Å². The summed E-state index contributed by atoms with van der Waals surface area (Å²) in [6.07, 6.45) is 3.15. The first-order chi connectivity index (χ1) is 7.84. The Hall–Kier alpha value is -2.30. The minimum absolute atomic E-state index is 0.331. The Bertz CT molecular complexity index is 633. The molecule has 0 spiro atoms. The zero-order valence-corrected chi connectivity index (χ0v) is 8.18. The zero-order valence-electron chi connectivity index (χ0n) is 8.18. The Morgan fingerprint density at radius 2 is 2.06 bits per heavy atom. The molecule has 0 atom stereocenters.